The molecule has 1 N–H and O–H groups in total. The Hall–Kier alpha value is -2.77. The van der Waals surface area contributed by atoms with Gasteiger partial charge in [-0.15, -0.1) is 0 Å². The highest BCUT2D eigenvalue weighted by Gasteiger charge is 2.18. The zero-order valence-electron chi connectivity index (χ0n) is 11.8. The van der Waals surface area contributed by atoms with Crippen LogP contribution in [0.4, 0.5) is 16.3 Å². The topological polar surface area (TPSA) is 107 Å². The minimum Gasteiger partial charge on any atom is -0.444 e. The Morgan fingerprint density at radius 1 is 1.33 bits per heavy atom. The van der Waals surface area contributed by atoms with Crippen molar-refractivity contribution in [2.45, 2.75) is 26.4 Å². The van der Waals surface area contributed by atoms with Gasteiger partial charge in [0.25, 0.3) is 5.69 Å². The Morgan fingerprint density at radius 2 is 2.05 bits per heavy atom. The molecular weight excluding hydrogens is 276 g/mol. The van der Waals surface area contributed by atoms with E-state index in [-0.39, 0.29) is 11.5 Å². The van der Waals surface area contributed by atoms with Crippen LogP contribution in [0.15, 0.2) is 24.5 Å². The number of hydrogen-bond donors (Lipinski definition) is 1. The number of non-ortho nitro benzene ring substituents is 1. The van der Waals surface area contributed by atoms with Crippen molar-refractivity contribution in [3.05, 3.63) is 34.6 Å². The number of nitrogens with zero attached hydrogens (tertiary/aromatic N) is 3. The first-order chi connectivity index (χ1) is 9.76. The molecule has 0 atom stereocenters. The quantitative estimate of drug-likeness (QED) is 0.673. The molecule has 110 valence electrons. The van der Waals surface area contributed by atoms with E-state index in [9.17, 15) is 14.9 Å². The molecule has 0 bridgehead atoms. The van der Waals surface area contributed by atoms with Gasteiger partial charge in [0.05, 0.1) is 15.8 Å². The number of benzene rings is 1. The molecule has 0 spiro atoms. The highest BCUT2D eigenvalue weighted by atomic mass is 16.6. The summed E-state index contributed by atoms with van der Waals surface area (Å²) in [6.07, 6.45) is 0.579. The Bertz CT molecular complexity index is 709. The SMILES string of the molecule is CC(C)(C)OC(=O)Nc1ncnc2ccc([N+](=O)[O-])cc12. The molecule has 21 heavy (non-hydrogen) atoms. The third kappa shape index (κ3) is 3.62. The molecule has 1 aromatic carbocycles. The first kappa shape index (κ1) is 14.6. The molecule has 2 rings (SSSR count). The number of ether oxygens (including phenoxy) is 1. The molecule has 0 aliphatic carbocycles. The lowest BCUT2D eigenvalue weighted by molar-refractivity contribution is -0.384. The van der Waals surface area contributed by atoms with E-state index in [0.717, 1.165) is 0 Å². The molecule has 8 heteroatoms. The van der Waals surface area contributed by atoms with Gasteiger partial charge in [0, 0.05) is 12.1 Å². The largest absolute Gasteiger partial charge is 0.444 e. The Balaban J connectivity index is 2.37. The number of carbonyl (C=O) groups excluding carboxylic acids is 1. The summed E-state index contributed by atoms with van der Waals surface area (Å²) in [5, 5.41) is 13.7. The van der Waals surface area contributed by atoms with Crippen LogP contribution in [0.1, 0.15) is 20.8 Å². The van der Waals surface area contributed by atoms with E-state index < -0.39 is 16.6 Å². The van der Waals surface area contributed by atoms with Crippen LogP contribution in [-0.2, 0) is 4.74 Å². The highest BCUT2D eigenvalue weighted by molar-refractivity contribution is 5.97. The summed E-state index contributed by atoms with van der Waals surface area (Å²) in [6, 6.07) is 4.14. The average molecular weight is 290 g/mol. The Kier molecular flexibility index (Phi) is 3.70. The van der Waals surface area contributed by atoms with E-state index in [2.05, 4.69) is 15.3 Å². The molecule has 2 aromatic rings. The van der Waals surface area contributed by atoms with E-state index in [0.29, 0.717) is 10.9 Å². The maximum absolute atomic E-state index is 11.8. The summed E-state index contributed by atoms with van der Waals surface area (Å²) >= 11 is 0. The van der Waals surface area contributed by atoms with Crippen LogP contribution in [0.5, 0.6) is 0 Å². The maximum Gasteiger partial charge on any atom is 0.413 e. The number of nitro groups is 1. The Labute approximate surface area is 120 Å². The fraction of sp³-hybridized carbons (Fsp3) is 0.308. The van der Waals surface area contributed by atoms with E-state index in [4.69, 9.17) is 4.74 Å². The van der Waals surface area contributed by atoms with Crippen LogP contribution < -0.4 is 5.32 Å². The molecule has 0 radical (unpaired) electrons. The van der Waals surface area contributed by atoms with Gasteiger partial charge < -0.3 is 4.74 Å². The minimum atomic E-state index is -0.686. The highest BCUT2D eigenvalue weighted by Crippen LogP contribution is 2.24. The van der Waals surface area contributed by atoms with Crippen molar-refractivity contribution in [1.82, 2.24) is 9.97 Å². The van der Waals surface area contributed by atoms with Crippen LogP contribution >= 0.6 is 0 Å². The number of rotatable bonds is 2. The zero-order chi connectivity index (χ0) is 15.6. The number of nitro benzene ring substituents is 1. The van der Waals surface area contributed by atoms with Crippen molar-refractivity contribution in [1.29, 1.82) is 0 Å². The van der Waals surface area contributed by atoms with Crippen LogP contribution in [0.25, 0.3) is 10.9 Å². The fourth-order valence-corrected chi connectivity index (χ4v) is 1.66. The van der Waals surface area contributed by atoms with Gasteiger partial charge in [0.15, 0.2) is 0 Å². The second-order valence-electron chi connectivity index (χ2n) is 5.31. The molecule has 1 heterocycles. The monoisotopic (exact) mass is 290 g/mol. The molecule has 0 unspecified atom stereocenters. The molecule has 0 saturated heterocycles. The standard InChI is InChI=1S/C13H14N4O4/c1-13(2,3)21-12(18)16-11-9-6-8(17(19)20)4-5-10(9)14-7-15-11/h4-7H,1-3H3,(H,14,15,16,18). The van der Waals surface area contributed by atoms with Gasteiger partial charge in [-0.25, -0.2) is 14.8 Å². The van der Waals surface area contributed by atoms with Crippen LogP contribution in [0, 0.1) is 10.1 Å². The number of nitrogens with one attached hydrogen (secondary N) is 1. The second kappa shape index (κ2) is 5.31. The predicted octanol–water partition coefficient (Wildman–Crippen LogP) is 2.89. The molecule has 8 nitrogen and oxygen atoms in total. The molecule has 0 fully saturated rings. The number of carbonyl (C=O) groups is 1. The molecule has 0 aliphatic heterocycles. The van der Waals surface area contributed by atoms with E-state index in [1.807, 2.05) is 0 Å². The fourth-order valence-electron chi connectivity index (χ4n) is 1.66. The van der Waals surface area contributed by atoms with E-state index >= 15 is 0 Å². The molecule has 1 amide bonds. The van der Waals surface area contributed by atoms with Crippen LogP contribution in [0.3, 0.4) is 0 Å². The molecular formula is C13H14N4O4. The number of anilines is 1. The smallest absolute Gasteiger partial charge is 0.413 e. The first-order valence-electron chi connectivity index (χ1n) is 6.15. The van der Waals surface area contributed by atoms with Gasteiger partial charge >= 0.3 is 6.09 Å². The predicted molar refractivity (Wildman–Crippen MR) is 76.0 cm³/mol. The molecule has 0 saturated carbocycles. The number of hydrogen-bond acceptors (Lipinski definition) is 6. The van der Waals surface area contributed by atoms with E-state index in [1.54, 1.807) is 20.8 Å². The Morgan fingerprint density at radius 3 is 2.67 bits per heavy atom. The first-order valence-corrected chi connectivity index (χ1v) is 6.15. The summed E-state index contributed by atoms with van der Waals surface area (Å²) in [6.45, 7) is 5.19. The summed E-state index contributed by atoms with van der Waals surface area (Å²) in [4.78, 5) is 30.0. The lowest BCUT2D eigenvalue weighted by Crippen LogP contribution is -2.27. The second-order valence-corrected chi connectivity index (χ2v) is 5.31. The normalized spacial score (nSPS) is 11.2. The van der Waals surface area contributed by atoms with Crippen LogP contribution in [0.2, 0.25) is 0 Å². The third-order valence-electron chi connectivity index (χ3n) is 2.45. The average Bonchev–Trinajstić information content (AvgIpc) is 2.36. The maximum atomic E-state index is 11.8. The van der Waals surface area contributed by atoms with Gasteiger partial charge in [0.2, 0.25) is 0 Å². The number of aromatic nitrogens is 2. The molecule has 1 aromatic heterocycles. The van der Waals surface area contributed by atoms with Gasteiger partial charge in [-0.3, -0.25) is 15.4 Å². The summed E-state index contributed by atoms with van der Waals surface area (Å²) in [5.41, 5.74) is -0.273. The van der Waals surface area contributed by atoms with Gasteiger partial charge in [-0.2, -0.15) is 0 Å². The zero-order valence-corrected chi connectivity index (χ0v) is 11.8. The molecule has 0 aliphatic rings. The van der Waals surface area contributed by atoms with Gasteiger partial charge in [0.1, 0.15) is 17.7 Å². The summed E-state index contributed by atoms with van der Waals surface area (Å²) in [5.74, 6) is 0.165. The van der Waals surface area contributed by atoms with Crippen molar-refractivity contribution in [2.24, 2.45) is 0 Å². The van der Waals surface area contributed by atoms with Crippen molar-refractivity contribution in [3.63, 3.8) is 0 Å². The number of amides is 1. The lowest BCUT2D eigenvalue weighted by Gasteiger charge is -2.19. The summed E-state index contributed by atoms with van der Waals surface area (Å²) < 4.78 is 5.12. The van der Waals surface area contributed by atoms with Crippen molar-refractivity contribution in [2.75, 3.05) is 5.32 Å². The number of fused-ring (bicyclic) bond motifs is 1. The lowest BCUT2D eigenvalue weighted by atomic mass is 10.2. The third-order valence-corrected chi connectivity index (χ3v) is 2.45. The van der Waals surface area contributed by atoms with Gasteiger partial charge in [-0.05, 0) is 26.8 Å². The minimum absolute atomic E-state index is 0.107. The van der Waals surface area contributed by atoms with Crippen molar-refractivity contribution >= 4 is 28.5 Å². The van der Waals surface area contributed by atoms with Crippen molar-refractivity contribution < 1.29 is 14.5 Å². The summed E-state index contributed by atoms with van der Waals surface area (Å²) in [7, 11) is 0. The van der Waals surface area contributed by atoms with Crippen molar-refractivity contribution in [3.8, 4) is 0 Å². The van der Waals surface area contributed by atoms with Gasteiger partial charge in [-0.1, -0.05) is 0 Å². The van der Waals surface area contributed by atoms with Crippen LogP contribution in [-0.4, -0.2) is 26.6 Å². The van der Waals surface area contributed by atoms with E-state index in [1.165, 1.54) is 24.5 Å².